The predicted octanol–water partition coefficient (Wildman–Crippen LogP) is 3.56. The van der Waals surface area contributed by atoms with Crippen LogP contribution in [0.25, 0.3) is 11.1 Å². The maximum absolute atomic E-state index is 13.6. The summed E-state index contributed by atoms with van der Waals surface area (Å²) >= 11 is 0. The second-order valence-corrected chi connectivity index (χ2v) is 6.09. The van der Waals surface area contributed by atoms with Crippen LogP contribution in [-0.2, 0) is 9.05 Å². The Morgan fingerprint density at radius 1 is 0.944 bits per heavy atom. The van der Waals surface area contributed by atoms with E-state index in [-0.39, 0.29) is 16.0 Å². The molecule has 0 fully saturated rings. The van der Waals surface area contributed by atoms with E-state index in [1.165, 1.54) is 18.2 Å². The first-order valence-electron chi connectivity index (χ1n) is 4.89. The molecule has 0 radical (unpaired) electrons. The Morgan fingerprint density at radius 2 is 1.61 bits per heavy atom. The van der Waals surface area contributed by atoms with Crippen LogP contribution in [0.2, 0.25) is 0 Å². The normalized spacial score (nSPS) is 11.5. The van der Waals surface area contributed by atoms with Gasteiger partial charge in [-0.25, -0.2) is 17.2 Å². The molecule has 0 spiro atoms. The van der Waals surface area contributed by atoms with Gasteiger partial charge in [-0.05, 0) is 24.3 Å². The monoisotopic (exact) mass is 288 g/mol. The van der Waals surface area contributed by atoms with Crippen LogP contribution in [0, 0.1) is 11.6 Å². The molecule has 0 heterocycles. The lowest BCUT2D eigenvalue weighted by atomic mass is 10.1. The van der Waals surface area contributed by atoms with Crippen molar-refractivity contribution < 1.29 is 17.2 Å². The van der Waals surface area contributed by atoms with Gasteiger partial charge in [-0.15, -0.1) is 0 Å². The van der Waals surface area contributed by atoms with Crippen LogP contribution in [0.5, 0.6) is 0 Å². The van der Waals surface area contributed by atoms with Crippen LogP contribution >= 0.6 is 10.7 Å². The summed E-state index contributed by atoms with van der Waals surface area (Å²) in [6, 6.07) is 8.40. The standard InChI is InChI=1S/C12H7ClF2O2S/c13-18(16,17)12-6-5-8(14)7-10(12)9-3-1-2-4-11(9)15/h1-7H. The first-order chi connectivity index (χ1) is 8.39. The van der Waals surface area contributed by atoms with E-state index in [2.05, 4.69) is 0 Å². The van der Waals surface area contributed by atoms with Gasteiger partial charge in [0.25, 0.3) is 9.05 Å². The highest BCUT2D eigenvalue weighted by atomic mass is 35.7. The van der Waals surface area contributed by atoms with Crippen molar-refractivity contribution in [1.82, 2.24) is 0 Å². The number of hydrogen-bond acceptors (Lipinski definition) is 2. The van der Waals surface area contributed by atoms with Gasteiger partial charge in [0.2, 0.25) is 0 Å². The Hall–Kier alpha value is -1.46. The zero-order chi connectivity index (χ0) is 13.3. The van der Waals surface area contributed by atoms with Crippen LogP contribution in [0.15, 0.2) is 47.4 Å². The number of rotatable bonds is 2. The smallest absolute Gasteiger partial charge is 0.207 e. The average molecular weight is 289 g/mol. The lowest BCUT2D eigenvalue weighted by Gasteiger charge is -2.08. The highest BCUT2D eigenvalue weighted by Gasteiger charge is 2.19. The van der Waals surface area contributed by atoms with Crippen LogP contribution in [0.3, 0.4) is 0 Å². The molecule has 2 nitrogen and oxygen atoms in total. The minimum atomic E-state index is -4.08. The van der Waals surface area contributed by atoms with Crippen molar-refractivity contribution in [3.63, 3.8) is 0 Å². The molecule has 2 aromatic rings. The number of hydrogen-bond donors (Lipinski definition) is 0. The molecule has 0 bridgehead atoms. The van der Waals surface area contributed by atoms with Gasteiger partial charge in [0.05, 0.1) is 4.90 Å². The van der Waals surface area contributed by atoms with E-state index in [4.69, 9.17) is 10.7 Å². The van der Waals surface area contributed by atoms with Crippen molar-refractivity contribution >= 4 is 19.7 Å². The van der Waals surface area contributed by atoms with E-state index in [0.717, 1.165) is 24.3 Å². The molecule has 0 unspecified atom stereocenters. The maximum Gasteiger partial charge on any atom is 0.261 e. The zero-order valence-corrected chi connectivity index (χ0v) is 10.5. The van der Waals surface area contributed by atoms with Gasteiger partial charge in [-0.1, -0.05) is 18.2 Å². The first kappa shape index (κ1) is 13.0. The molecule has 94 valence electrons. The molecule has 0 saturated carbocycles. The quantitative estimate of drug-likeness (QED) is 0.792. The van der Waals surface area contributed by atoms with E-state index < -0.39 is 20.7 Å². The largest absolute Gasteiger partial charge is 0.261 e. The number of halogens is 3. The van der Waals surface area contributed by atoms with E-state index in [1.807, 2.05) is 0 Å². The topological polar surface area (TPSA) is 34.1 Å². The van der Waals surface area contributed by atoms with Gasteiger partial charge in [0.15, 0.2) is 0 Å². The summed E-state index contributed by atoms with van der Waals surface area (Å²) in [6.45, 7) is 0. The van der Waals surface area contributed by atoms with Crippen LogP contribution in [0.1, 0.15) is 0 Å². The third kappa shape index (κ3) is 2.52. The van der Waals surface area contributed by atoms with Crippen molar-refractivity contribution in [2.45, 2.75) is 4.90 Å². The van der Waals surface area contributed by atoms with E-state index in [0.29, 0.717) is 0 Å². The van der Waals surface area contributed by atoms with Gasteiger partial charge in [-0.3, -0.25) is 0 Å². The Bertz CT molecular complexity index is 699. The zero-order valence-electron chi connectivity index (χ0n) is 8.90. The Balaban J connectivity index is 2.79. The van der Waals surface area contributed by atoms with Crippen molar-refractivity contribution in [2.24, 2.45) is 0 Å². The molecular formula is C12H7ClF2O2S. The summed E-state index contributed by atoms with van der Waals surface area (Å²) in [5.41, 5.74) is -0.112. The average Bonchev–Trinajstić information content (AvgIpc) is 2.27. The van der Waals surface area contributed by atoms with Gasteiger partial charge in [0, 0.05) is 21.8 Å². The fraction of sp³-hybridized carbons (Fsp3) is 0. The second-order valence-electron chi connectivity index (χ2n) is 3.56. The predicted molar refractivity (Wildman–Crippen MR) is 64.8 cm³/mol. The minimum absolute atomic E-state index is 0.0174. The van der Waals surface area contributed by atoms with Crippen molar-refractivity contribution in [3.05, 3.63) is 54.1 Å². The van der Waals surface area contributed by atoms with Gasteiger partial charge < -0.3 is 0 Å². The van der Waals surface area contributed by atoms with Crippen LogP contribution < -0.4 is 0 Å². The van der Waals surface area contributed by atoms with Crippen LogP contribution in [0.4, 0.5) is 8.78 Å². The fourth-order valence-electron chi connectivity index (χ4n) is 1.60. The minimum Gasteiger partial charge on any atom is -0.207 e. The highest BCUT2D eigenvalue weighted by molar-refractivity contribution is 8.13. The first-order valence-corrected chi connectivity index (χ1v) is 7.19. The molecule has 6 heteroatoms. The lowest BCUT2D eigenvalue weighted by Crippen LogP contribution is -1.97. The molecule has 0 saturated heterocycles. The molecule has 18 heavy (non-hydrogen) atoms. The molecule has 0 aromatic heterocycles. The number of benzene rings is 2. The fourth-order valence-corrected chi connectivity index (χ4v) is 2.67. The summed E-state index contributed by atoms with van der Waals surface area (Å²) in [7, 11) is 1.17. The molecular weight excluding hydrogens is 282 g/mol. The van der Waals surface area contributed by atoms with E-state index >= 15 is 0 Å². The van der Waals surface area contributed by atoms with Gasteiger partial charge in [-0.2, -0.15) is 0 Å². The Morgan fingerprint density at radius 3 is 2.22 bits per heavy atom. The SMILES string of the molecule is O=S(=O)(Cl)c1ccc(F)cc1-c1ccccc1F. The third-order valence-corrected chi connectivity index (χ3v) is 3.75. The lowest BCUT2D eigenvalue weighted by molar-refractivity contribution is 0.607. The van der Waals surface area contributed by atoms with Gasteiger partial charge >= 0.3 is 0 Å². The highest BCUT2D eigenvalue weighted by Crippen LogP contribution is 2.31. The Kier molecular flexibility index (Phi) is 3.36. The third-order valence-electron chi connectivity index (χ3n) is 2.37. The summed E-state index contributed by atoms with van der Waals surface area (Å²) < 4.78 is 49.5. The molecule has 0 atom stereocenters. The molecule has 2 rings (SSSR count). The van der Waals surface area contributed by atoms with Crippen LogP contribution in [-0.4, -0.2) is 8.42 Å². The molecule has 0 N–H and O–H groups in total. The molecule has 0 aliphatic rings. The molecule has 0 aliphatic heterocycles. The second kappa shape index (κ2) is 4.66. The van der Waals surface area contributed by atoms with Gasteiger partial charge in [0.1, 0.15) is 11.6 Å². The summed E-state index contributed by atoms with van der Waals surface area (Å²) in [6.07, 6.45) is 0. The molecule has 0 amide bonds. The summed E-state index contributed by atoms with van der Waals surface area (Å²) in [4.78, 5) is -0.323. The summed E-state index contributed by atoms with van der Waals surface area (Å²) in [5, 5.41) is 0. The van der Waals surface area contributed by atoms with Crippen molar-refractivity contribution in [1.29, 1.82) is 0 Å². The Labute approximate surface area is 107 Å². The van der Waals surface area contributed by atoms with Crippen molar-refractivity contribution in [3.8, 4) is 11.1 Å². The molecule has 0 aliphatic carbocycles. The van der Waals surface area contributed by atoms with Crippen molar-refractivity contribution in [2.75, 3.05) is 0 Å². The van der Waals surface area contributed by atoms with E-state index in [9.17, 15) is 17.2 Å². The maximum atomic E-state index is 13.6. The van der Waals surface area contributed by atoms with E-state index in [1.54, 1.807) is 0 Å². The summed E-state index contributed by atoms with van der Waals surface area (Å²) in [5.74, 6) is -1.32. The molecule has 2 aromatic carbocycles.